The van der Waals surface area contributed by atoms with Gasteiger partial charge in [-0.15, -0.1) is 0 Å². The highest BCUT2D eigenvalue weighted by atomic mass is 16.4. The number of aryl methyl sites for hydroxylation is 3. The van der Waals surface area contributed by atoms with E-state index in [9.17, 15) is 9.59 Å². The third kappa shape index (κ3) is 6.04. The minimum absolute atomic E-state index is 0.0393. The van der Waals surface area contributed by atoms with Crippen LogP contribution in [-0.4, -0.2) is 21.4 Å². The number of allylic oxidation sites excluding steroid dienone is 1. The molecule has 0 aliphatic carbocycles. The number of carboxylic acids is 1. The molecule has 4 heteroatoms. The van der Waals surface area contributed by atoms with Crippen molar-refractivity contribution in [2.24, 2.45) is 0 Å². The van der Waals surface area contributed by atoms with E-state index in [1.54, 1.807) is 0 Å². The first-order valence-corrected chi connectivity index (χ1v) is 9.76. The molecule has 0 atom stereocenters. The van der Waals surface area contributed by atoms with Gasteiger partial charge in [-0.05, 0) is 37.0 Å². The minimum Gasteiger partial charge on any atom is -0.481 e. The molecule has 0 bridgehead atoms. The van der Waals surface area contributed by atoms with Crippen molar-refractivity contribution in [1.82, 2.24) is 4.57 Å². The summed E-state index contributed by atoms with van der Waals surface area (Å²) in [6.45, 7) is 2.79. The molecule has 0 amide bonds. The second-order valence-electron chi connectivity index (χ2n) is 7.16. The van der Waals surface area contributed by atoms with E-state index >= 15 is 0 Å². The van der Waals surface area contributed by atoms with Gasteiger partial charge in [-0.1, -0.05) is 66.2 Å². The van der Waals surface area contributed by atoms with E-state index in [4.69, 9.17) is 5.11 Å². The first-order valence-electron chi connectivity index (χ1n) is 9.76. The van der Waals surface area contributed by atoms with E-state index in [1.807, 2.05) is 84.6 Å². The van der Waals surface area contributed by atoms with Gasteiger partial charge in [-0.2, -0.15) is 0 Å². The van der Waals surface area contributed by atoms with Crippen molar-refractivity contribution in [2.45, 2.75) is 32.7 Å². The zero-order chi connectivity index (χ0) is 20.6. The predicted molar refractivity (Wildman–Crippen MR) is 115 cm³/mol. The number of carboxylic acid groups (broad SMARTS) is 1. The van der Waals surface area contributed by atoms with E-state index in [0.717, 1.165) is 29.7 Å². The lowest BCUT2D eigenvalue weighted by molar-refractivity contribution is -0.136. The number of carbonyl (C=O) groups is 2. The van der Waals surface area contributed by atoms with Gasteiger partial charge in [0.05, 0.1) is 0 Å². The monoisotopic (exact) mass is 387 g/mol. The molecule has 1 N–H and O–H groups in total. The van der Waals surface area contributed by atoms with Crippen LogP contribution < -0.4 is 0 Å². The van der Waals surface area contributed by atoms with Crippen LogP contribution in [0.25, 0.3) is 6.08 Å². The number of hydrogen-bond acceptors (Lipinski definition) is 2. The van der Waals surface area contributed by atoms with E-state index in [2.05, 4.69) is 6.08 Å². The lowest BCUT2D eigenvalue weighted by atomic mass is 10.0. The number of rotatable bonds is 9. The third-order valence-corrected chi connectivity index (χ3v) is 4.77. The van der Waals surface area contributed by atoms with Crippen LogP contribution in [0.3, 0.4) is 0 Å². The van der Waals surface area contributed by atoms with Crippen molar-refractivity contribution in [2.75, 3.05) is 0 Å². The van der Waals surface area contributed by atoms with Crippen molar-refractivity contribution >= 4 is 17.8 Å². The van der Waals surface area contributed by atoms with E-state index in [-0.39, 0.29) is 12.2 Å². The summed E-state index contributed by atoms with van der Waals surface area (Å²) in [6.07, 6.45) is 9.49. The van der Waals surface area contributed by atoms with Crippen molar-refractivity contribution in [1.29, 1.82) is 0 Å². The molecule has 29 heavy (non-hydrogen) atoms. The maximum absolute atomic E-state index is 12.5. The first-order chi connectivity index (χ1) is 14.0. The summed E-state index contributed by atoms with van der Waals surface area (Å²) >= 11 is 0. The van der Waals surface area contributed by atoms with Crippen LogP contribution >= 0.6 is 0 Å². The Morgan fingerprint density at radius 1 is 1.03 bits per heavy atom. The van der Waals surface area contributed by atoms with Gasteiger partial charge in [-0.3, -0.25) is 9.59 Å². The first kappa shape index (κ1) is 20.3. The van der Waals surface area contributed by atoms with Gasteiger partial charge in [0.2, 0.25) is 0 Å². The Kier molecular flexibility index (Phi) is 6.80. The molecule has 0 saturated heterocycles. The van der Waals surface area contributed by atoms with Crippen LogP contribution in [0.5, 0.6) is 0 Å². The van der Waals surface area contributed by atoms with Crippen molar-refractivity contribution in [3.05, 3.63) is 101 Å². The van der Waals surface area contributed by atoms with Gasteiger partial charge in [-0.25, -0.2) is 0 Å². The van der Waals surface area contributed by atoms with Crippen LogP contribution in [0.2, 0.25) is 0 Å². The van der Waals surface area contributed by atoms with E-state index < -0.39 is 5.97 Å². The molecule has 0 aliphatic rings. The maximum Gasteiger partial charge on any atom is 0.303 e. The number of benzene rings is 2. The average Bonchev–Trinajstić information content (AvgIpc) is 3.19. The second kappa shape index (κ2) is 9.69. The molecule has 0 aliphatic heterocycles. The Bertz CT molecular complexity index is 1010. The number of nitrogens with zero attached hydrogens (tertiary/aromatic N) is 1. The Hall–Kier alpha value is -3.40. The number of ketones is 1. The van der Waals surface area contributed by atoms with Gasteiger partial charge in [0, 0.05) is 36.5 Å². The summed E-state index contributed by atoms with van der Waals surface area (Å²) in [6, 6.07) is 17.4. The fourth-order valence-corrected chi connectivity index (χ4v) is 3.13. The van der Waals surface area contributed by atoms with Gasteiger partial charge in [0.25, 0.3) is 0 Å². The van der Waals surface area contributed by atoms with Crippen LogP contribution in [-0.2, 0) is 17.8 Å². The third-order valence-electron chi connectivity index (χ3n) is 4.77. The quantitative estimate of drug-likeness (QED) is 0.517. The van der Waals surface area contributed by atoms with Crippen molar-refractivity contribution in [3.8, 4) is 0 Å². The minimum atomic E-state index is -0.780. The van der Waals surface area contributed by atoms with E-state index in [1.165, 1.54) is 0 Å². The normalized spacial score (nSPS) is 11.1. The second-order valence-corrected chi connectivity index (χ2v) is 7.16. The smallest absolute Gasteiger partial charge is 0.303 e. The van der Waals surface area contributed by atoms with Crippen LogP contribution in [0.1, 0.15) is 45.5 Å². The number of aromatic nitrogens is 1. The van der Waals surface area contributed by atoms with Crippen LogP contribution in [0.15, 0.2) is 73.1 Å². The molecule has 0 spiro atoms. The molecule has 1 aromatic heterocycles. The van der Waals surface area contributed by atoms with E-state index in [0.29, 0.717) is 17.5 Å². The highest BCUT2D eigenvalue weighted by molar-refractivity contribution is 6.08. The topological polar surface area (TPSA) is 59.3 Å². The summed E-state index contributed by atoms with van der Waals surface area (Å²) in [5.74, 6) is -0.740. The Balaban J connectivity index is 1.53. The summed E-state index contributed by atoms with van der Waals surface area (Å²) in [4.78, 5) is 23.3. The maximum atomic E-state index is 12.5. The lowest BCUT2D eigenvalue weighted by Crippen LogP contribution is -2.00. The zero-order valence-electron chi connectivity index (χ0n) is 16.5. The fraction of sp³-hybridized carbons (Fsp3) is 0.200. The van der Waals surface area contributed by atoms with Gasteiger partial charge >= 0.3 is 5.97 Å². The van der Waals surface area contributed by atoms with Crippen molar-refractivity contribution in [3.63, 3.8) is 0 Å². The molecule has 1 heterocycles. The van der Waals surface area contributed by atoms with Gasteiger partial charge in [0.1, 0.15) is 0 Å². The summed E-state index contributed by atoms with van der Waals surface area (Å²) in [5.41, 5.74) is 4.63. The van der Waals surface area contributed by atoms with Crippen LogP contribution in [0, 0.1) is 6.92 Å². The molecule has 0 unspecified atom stereocenters. The van der Waals surface area contributed by atoms with Gasteiger partial charge in [0.15, 0.2) is 5.78 Å². The number of aliphatic carboxylic acids is 1. The standard InChI is InChI=1S/C25H25NO3/c1-19-8-11-22(12-9-19)25(29)23-14-16-26(18-23)15-3-2-5-20-6-4-7-21(17-20)10-13-24(27)28/h2,4-9,11-12,14,16-18H,3,10,13,15H2,1H3,(H,27,28). The molecule has 0 saturated carbocycles. The highest BCUT2D eigenvalue weighted by Gasteiger charge is 2.10. The zero-order valence-corrected chi connectivity index (χ0v) is 16.5. The molecule has 0 radical (unpaired) electrons. The Morgan fingerprint density at radius 2 is 1.83 bits per heavy atom. The molecule has 2 aromatic carbocycles. The molecule has 4 nitrogen and oxygen atoms in total. The SMILES string of the molecule is Cc1ccc(C(=O)c2ccn(CCC=Cc3cccc(CCC(=O)O)c3)c2)cc1. The summed E-state index contributed by atoms with van der Waals surface area (Å²) in [7, 11) is 0. The fourth-order valence-electron chi connectivity index (χ4n) is 3.13. The van der Waals surface area contributed by atoms with Gasteiger partial charge < -0.3 is 9.67 Å². The Labute approximate surface area is 171 Å². The predicted octanol–water partition coefficient (Wildman–Crippen LogP) is 5.15. The largest absolute Gasteiger partial charge is 0.481 e. The Morgan fingerprint density at radius 3 is 2.59 bits per heavy atom. The number of hydrogen-bond donors (Lipinski definition) is 1. The molecule has 0 fully saturated rings. The summed E-state index contributed by atoms with van der Waals surface area (Å²) in [5, 5.41) is 8.80. The highest BCUT2D eigenvalue weighted by Crippen LogP contribution is 2.13. The lowest BCUT2D eigenvalue weighted by Gasteiger charge is -2.02. The molecular weight excluding hydrogens is 362 g/mol. The van der Waals surface area contributed by atoms with Crippen LogP contribution in [0.4, 0.5) is 0 Å². The molecule has 148 valence electrons. The van der Waals surface area contributed by atoms with Crippen molar-refractivity contribution < 1.29 is 14.7 Å². The molecule has 3 rings (SSSR count). The molecule has 3 aromatic rings. The summed E-state index contributed by atoms with van der Waals surface area (Å²) < 4.78 is 2.02. The molecular formula is C25H25NO3. The number of carbonyl (C=O) groups excluding carboxylic acids is 1. The average molecular weight is 387 g/mol.